The summed E-state index contributed by atoms with van der Waals surface area (Å²) in [7, 11) is 1.82. The number of nitrogens with one attached hydrogen (secondary N) is 2. The van der Waals surface area contributed by atoms with Crippen LogP contribution >= 0.6 is 0 Å². The number of nitrogen functional groups attached to an aromatic ring is 1. The Morgan fingerprint density at radius 1 is 1.07 bits per heavy atom. The standard InChI is InChI=1S/C30H24N8O2/c1-19(34-29(39)26-27(31)35-37-17-7-15-32-28(26)37)24-18-21-9-6-8-20(12-13-22-14-16-33-36(22)2)25(21)30(40)38(24)23-10-4-3-5-11-23/h3-11,14-19H,1-2H3,(H3,31,34,35,39)/p+1. The third kappa shape index (κ3) is 4.25. The van der Waals surface area contributed by atoms with Crippen molar-refractivity contribution in [3.05, 3.63) is 118 Å². The van der Waals surface area contributed by atoms with Crippen molar-refractivity contribution < 1.29 is 9.31 Å². The molecule has 1 amide bonds. The summed E-state index contributed by atoms with van der Waals surface area (Å²) in [4.78, 5) is 31.9. The van der Waals surface area contributed by atoms with Gasteiger partial charge in [-0.2, -0.15) is 5.10 Å². The maximum Gasteiger partial charge on any atom is 0.362 e. The monoisotopic (exact) mass is 529 g/mol. The van der Waals surface area contributed by atoms with E-state index in [0.29, 0.717) is 33.4 Å². The van der Waals surface area contributed by atoms with Gasteiger partial charge in [-0.25, -0.2) is 5.10 Å². The van der Waals surface area contributed by atoms with Crippen LogP contribution in [0.3, 0.4) is 0 Å². The molecule has 6 aromatic rings. The molecule has 1 unspecified atom stereocenters. The number of aryl methyl sites for hydroxylation is 1. The number of nitrogens with zero attached hydrogens (tertiary/aromatic N) is 5. The fraction of sp³-hybridized carbons (Fsp3) is 0.100. The number of benzene rings is 2. The van der Waals surface area contributed by atoms with Crippen molar-refractivity contribution in [2.75, 3.05) is 5.73 Å². The molecule has 4 N–H and O–H groups in total. The smallest absolute Gasteiger partial charge is 0.362 e. The molecule has 0 saturated carbocycles. The number of anilines is 1. The van der Waals surface area contributed by atoms with Crippen LogP contribution < -0.4 is 21.1 Å². The first kappa shape index (κ1) is 24.6. The van der Waals surface area contributed by atoms with Gasteiger partial charge in [0.05, 0.1) is 17.6 Å². The summed E-state index contributed by atoms with van der Waals surface area (Å²) in [5.41, 5.74) is 9.14. The van der Waals surface area contributed by atoms with Gasteiger partial charge >= 0.3 is 5.65 Å². The molecule has 0 spiro atoms. The Morgan fingerprint density at radius 3 is 2.67 bits per heavy atom. The molecule has 196 valence electrons. The van der Waals surface area contributed by atoms with Crippen molar-refractivity contribution in [3.8, 4) is 17.5 Å². The van der Waals surface area contributed by atoms with Gasteiger partial charge in [0, 0.05) is 30.1 Å². The Morgan fingerprint density at radius 2 is 1.90 bits per heavy atom. The molecule has 0 aliphatic rings. The number of fused-ring (bicyclic) bond motifs is 2. The van der Waals surface area contributed by atoms with Gasteiger partial charge in [0.25, 0.3) is 11.5 Å². The number of carbonyl (C=O) groups excluding carboxylic acids is 1. The lowest BCUT2D eigenvalue weighted by Gasteiger charge is -2.21. The van der Waals surface area contributed by atoms with Crippen LogP contribution in [0.1, 0.15) is 40.3 Å². The van der Waals surface area contributed by atoms with Crippen LogP contribution in [0.4, 0.5) is 5.82 Å². The van der Waals surface area contributed by atoms with Crippen LogP contribution in [0, 0.1) is 11.8 Å². The highest BCUT2D eigenvalue weighted by Gasteiger charge is 2.27. The van der Waals surface area contributed by atoms with Crippen LogP contribution in [0.15, 0.2) is 90.1 Å². The summed E-state index contributed by atoms with van der Waals surface area (Å²) in [6.07, 6.45) is 4.99. The Hall–Kier alpha value is -5.69. The molecule has 0 radical (unpaired) electrons. The summed E-state index contributed by atoms with van der Waals surface area (Å²) in [5.74, 6) is 6.04. The third-order valence-electron chi connectivity index (χ3n) is 6.73. The first-order valence-corrected chi connectivity index (χ1v) is 12.6. The number of aromatic amines is 1. The molecule has 0 bridgehead atoms. The molecule has 0 fully saturated rings. The molecule has 2 aromatic carbocycles. The summed E-state index contributed by atoms with van der Waals surface area (Å²) in [6.45, 7) is 1.83. The Kier molecular flexibility index (Phi) is 6.09. The molecule has 0 aliphatic carbocycles. The van der Waals surface area contributed by atoms with E-state index in [9.17, 15) is 9.59 Å². The van der Waals surface area contributed by atoms with Gasteiger partial charge in [0.15, 0.2) is 11.4 Å². The zero-order chi connectivity index (χ0) is 27.8. The first-order chi connectivity index (χ1) is 19.4. The predicted molar refractivity (Wildman–Crippen MR) is 151 cm³/mol. The fourth-order valence-corrected chi connectivity index (χ4v) is 4.80. The molecule has 40 heavy (non-hydrogen) atoms. The Balaban J connectivity index is 1.48. The van der Waals surface area contributed by atoms with Gasteiger partial charge < -0.3 is 11.1 Å². The van der Waals surface area contributed by atoms with E-state index in [4.69, 9.17) is 5.73 Å². The van der Waals surface area contributed by atoms with Crippen LogP contribution in [-0.4, -0.2) is 30.3 Å². The second kappa shape index (κ2) is 9.89. The normalized spacial score (nSPS) is 11.8. The van der Waals surface area contributed by atoms with Crippen molar-refractivity contribution >= 4 is 28.1 Å². The molecule has 10 heteroatoms. The number of hydrogen-bond donors (Lipinski definition) is 3. The molecule has 4 heterocycles. The number of nitrogens with two attached hydrogens (primary N) is 1. The summed E-state index contributed by atoms with van der Waals surface area (Å²) in [5, 5.41) is 11.3. The quantitative estimate of drug-likeness (QED) is 0.239. The Labute approximate surface area is 228 Å². The van der Waals surface area contributed by atoms with Gasteiger partial charge in [-0.05, 0) is 53.5 Å². The van der Waals surface area contributed by atoms with Crippen LogP contribution in [0.2, 0.25) is 0 Å². The molecule has 0 saturated heterocycles. The number of hydrogen-bond acceptors (Lipinski definition) is 5. The number of H-pyrrole nitrogens is 1. The summed E-state index contributed by atoms with van der Waals surface area (Å²) >= 11 is 0. The predicted octanol–water partition coefficient (Wildman–Crippen LogP) is 2.66. The zero-order valence-electron chi connectivity index (χ0n) is 21.8. The molecule has 10 nitrogen and oxygen atoms in total. The average Bonchev–Trinajstić information content (AvgIpc) is 3.53. The molecule has 6 rings (SSSR count). The van der Waals surface area contributed by atoms with E-state index in [1.165, 1.54) is 0 Å². The highest BCUT2D eigenvalue weighted by atomic mass is 16.2. The molecular weight excluding hydrogens is 504 g/mol. The Bertz CT molecular complexity index is 2030. The van der Waals surface area contributed by atoms with Gasteiger partial charge in [-0.15, -0.1) is 4.52 Å². The van der Waals surface area contributed by atoms with E-state index in [0.717, 1.165) is 5.69 Å². The van der Waals surface area contributed by atoms with Crippen molar-refractivity contribution in [3.63, 3.8) is 0 Å². The van der Waals surface area contributed by atoms with Crippen molar-refractivity contribution in [2.24, 2.45) is 7.05 Å². The lowest BCUT2D eigenvalue weighted by Crippen LogP contribution is -2.33. The number of para-hydroxylation sites is 1. The lowest BCUT2D eigenvalue weighted by molar-refractivity contribution is -0.577. The number of aromatic nitrogens is 6. The average molecular weight is 530 g/mol. The van der Waals surface area contributed by atoms with E-state index in [1.54, 1.807) is 38.4 Å². The van der Waals surface area contributed by atoms with Crippen molar-refractivity contribution in [1.82, 2.24) is 29.7 Å². The van der Waals surface area contributed by atoms with Gasteiger partial charge in [0.1, 0.15) is 18.1 Å². The number of rotatable bonds is 4. The van der Waals surface area contributed by atoms with E-state index in [1.807, 2.05) is 74.6 Å². The highest BCUT2D eigenvalue weighted by molar-refractivity contribution is 6.03. The van der Waals surface area contributed by atoms with E-state index < -0.39 is 11.9 Å². The zero-order valence-corrected chi connectivity index (χ0v) is 21.8. The minimum atomic E-state index is -0.563. The maximum atomic E-state index is 14.2. The number of pyridine rings is 1. The van der Waals surface area contributed by atoms with E-state index in [2.05, 4.69) is 32.3 Å². The van der Waals surface area contributed by atoms with Crippen molar-refractivity contribution in [2.45, 2.75) is 13.0 Å². The van der Waals surface area contributed by atoms with E-state index >= 15 is 0 Å². The molecule has 1 atom stereocenters. The summed E-state index contributed by atoms with van der Waals surface area (Å²) < 4.78 is 4.88. The number of carbonyl (C=O) groups is 1. The topological polar surface area (TPSA) is 128 Å². The SMILES string of the molecule is CC(NC(=O)c1c(N)[nH][n+]2cccnc12)c1cc2cccc(C#Cc3ccnn3C)c2c(=O)n1-c1ccccc1. The second-order valence-corrected chi connectivity index (χ2v) is 9.31. The third-order valence-corrected chi connectivity index (χ3v) is 6.73. The molecule has 0 aliphatic heterocycles. The highest BCUT2D eigenvalue weighted by Crippen LogP contribution is 2.24. The second-order valence-electron chi connectivity index (χ2n) is 9.31. The summed E-state index contributed by atoms with van der Waals surface area (Å²) in [6, 6.07) is 19.8. The largest absolute Gasteiger partial charge is 0.382 e. The minimum Gasteiger partial charge on any atom is -0.382 e. The van der Waals surface area contributed by atoms with Gasteiger partial charge in [-0.1, -0.05) is 36.3 Å². The molecular formula is C30H25N8O2+. The van der Waals surface area contributed by atoms with Crippen LogP contribution in [0.5, 0.6) is 0 Å². The van der Waals surface area contributed by atoms with E-state index in [-0.39, 0.29) is 16.9 Å². The lowest BCUT2D eigenvalue weighted by atomic mass is 10.0. The fourth-order valence-electron chi connectivity index (χ4n) is 4.80. The first-order valence-electron chi connectivity index (χ1n) is 12.6. The van der Waals surface area contributed by atoms with Gasteiger partial charge in [-0.3, -0.25) is 18.8 Å². The van der Waals surface area contributed by atoms with Crippen molar-refractivity contribution in [1.29, 1.82) is 0 Å². The maximum absolute atomic E-state index is 14.2. The van der Waals surface area contributed by atoms with Gasteiger partial charge in [0.2, 0.25) is 0 Å². The van der Waals surface area contributed by atoms with Crippen LogP contribution in [-0.2, 0) is 7.05 Å². The minimum absolute atomic E-state index is 0.194. The van der Waals surface area contributed by atoms with Crippen LogP contribution in [0.25, 0.3) is 22.1 Å². The number of amides is 1. The molecule has 4 aromatic heterocycles.